The molecule has 1 aromatic rings. The number of nitrogens with zero attached hydrogens (tertiary/aromatic N) is 1. The smallest absolute Gasteiger partial charge is 0.254 e. The number of hydrogen-bond donors (Lipinski definition) is 1. The van der Waals surface area contributed by atoms with Gasteiger partial charge in [0.25, 0.3) is 5.91 Å². The molecule has 1 aliphatic carbocycles. The highest BCUT2D eigenvalue weighted by Gasteiger charge is 2.31. The summed E-state index contributed by atoms with van der Waals surface area (Å²) in [5.41, 5.74) is 0.906. The van der Waals surface area contributed by atoms with Gasteiger partial charge in [0.15, 0.2) is 0 Å². The first-order valence-electron chi connectivity index (χ1n) is 9.10. The number of aliphatic hydroxyl groups is 1. The minimum Gasteiger partial charge on any atom is -0.491 e. The Labute approximate surface area is 148 Å². The maximum atomic E-state index is 12.6. The van der Waals surface area contributed by atoms with Crippen molar-refractivity contribution in [2.24, 2.45) is 0 Å². The quantitative estimate of drug-likeness (QED) is 0.800. The van der Waals surface area contributed by atoms with Crippen molar-refractivity contribution in [3.05, 3.63) is 41.5 Å². The van der Waals surface area contributed by atoms with Gasteiger partial charge in [0.2, 0.25) is 0 Å². The summed E-state index contributed by atoms with van der Waals surface area (Å²) in [4.78, 5) is 14.3. The summed E-state index contributed by atoms with van der Waals surface area (Å²) in [6.45, 7) is 0.569. The van der Waals surface area contributed by atoms with Gasteiger partial charge in [0.05, 0.1) is 5.60 Å². The lowest BCUT2D eigenvalue weighted by molar-refractivity contribution is 0.00470. The van der Waals surface area contributed by atoms with Gasteiger partial charge in [-0.05, 0) is 62.3 Å². The van der Waals surface area contributed by atoms with Gasteiger partial charge in [0.1, 0.15) is 19.0 Å². The molecule has 3 rings (SSSR count). The van der Waals surface area contributed by atoms with Crippen LogP contribution in [0.15, 0.2) is 30.4 Å². The number of fused-ring (bicyclic) bond motifs is 1. The van der Waals surface area contributed by atoms with Crippen molar-refractivity contribution in [3.63, 3.8) is 0 Å². The highest BCUT2D eigenvalue weighted by molar-refractivity contribution is 5.98. The van der Waals surface area contributed by atoms with Gasteiger partial charge in [-0.3, -0.25) is 4.79 Å². The summed E-state index contributed by atoms with van der Waals surface area (Å²) in [5.74, 6) is 0.595. The van der Waals surface area contributed by atoms with Crippen LogP contribution in [0.4, 0.5) is 4.39 Å². The number of carbonyl (C=O) groups excluding carboxylic acids is 1. The first kappa shape index (κ1) is 17.9. The minimum atomic E-state index is -0.685. The number of alkyl halides is 1. The van der Waals surface area contributed by atoms with Crippen LogP contribution in [0.3, 0.4) is 0 Å². The molecule has 2 aliphatic rings. The maximum Gasteiger partial charge on any atom is 0.254 e. The average Bonchev–Trinajstić information content (AvgIpc) is 2.91. The van der Waals surface area contributed by atoms with E-state index in [0.29, 0.717) is 30.8 Å². The van der Waals surface area contributed by atoms with Crippen molar-refractivity contribution in [1.29, 1.82) is 0 Å². The van der Waals surface area contributed by atoms with Crippen LogP contribution in [-0.2, 0) is 6.54 Å². The summed E-state index contributed by atoms with van der Waals surface area (Å²) in [6, 6.07) is 5.28. The average molecular weight is 347 g/mol. The number of rotatable bonds is 6. The lowest BCUT2D eigenvalue weighted by Crippen LogP contribution is -2.35. The van der Waals surface area contributed by atoms with Crippen LogP contribution >= 0.6 is 0 Å². The van der Waals surface area contributed by atoms with E-state index in [0.717, 1.165) is 37.7 Å². The molecule has 1 aliphatic heterocycles. The maximum absolute atomic E-state index is 12.6. The molecule has 0 radical (unpaired) electrons. The molecule has 1 atom stereocenters. The zero-order valence-electron chi connectivity index (χ0n) is 14.5. The molecule has 0 unspecified atom stereocenters. The summed E-state index contributed by atoms with van der Waals surface area (Å²) >= 11 is 0. The summed E-state index contributed by atoms with van der Waals surface area (Å²) in [6.07, 6.45) is 9.34. The Morgan fingerprint density at radius 2 is 2.08 bits per heavy atom. The minimum absolute atomic E-state index is 0.00128. The summed E-state index contributed by atoms with van der Waals surface area (Å²) in [7, 11) is 0. The van der Waals surface area contributed by atoms with Crippen molar-refractivity contribution >= 4 is 5.91 Å². The van der Waals surface area contributed by atoms with Crippen LogP contribution in [0, 0.1) is 0 Å². The van der Waals surface area contributed by atoms with Crippen LogP contribution in [0.1, 0.15) is 54.4 Å². The second kappa shape index (κ2) is 8.00. The fraction of sp³-hybridized carbons (Fsp3) is 0.550. The van der Waals surface area contributed by atoms with Crippen molar-refractivity contribution in [2.45, 2.75) is 50.7 Å². The molecule has 1 aromatic carbocycles. The Hall–Kier alpha value is -1.88. The first-order chi connectivity index (χ1) is 12.1. The van der Waals surface area contributed by atoms with E-state index in [1.54, 1.807) is 17.0 Å². The van der Waals surface area contributed by atoms with Gasteiger partial charge < -0.3 is 14.7 Å². The molecule has 0 fully saturated rings. The molecule has 0 bridgehead atoms. The van der Waals surface area contributed by atoms with Crippen molar-refractivity contribution in [2.75, 3.05) is 19.8 Å². The van der Waals surface area contributed by atoms with E-state index in [4.69, 9.17) is 4.74 Å². The van der Waals surface area contributed by atoms with Crippen molar-refractivity contribution in [1.82, 2.24) is 4.90 Å². The van der Waals surface area contributed by atoms with E-state index in [-0.39, 0.29) is 12.5 Å². The molecule has 4 nitrogen and oxygen atoms in total. The fourth-order valence-electron chi connectivity index (χ4n) is 3.64. The zero-order chi connectivity index (χ0) is 17.7. The van der Waals surface area contributed by atoms with Crippen LogP contribution in [-0.4, -0.2) is 41.3 Å². The predicted molar refractivity (Wildman–Crippen MR) is 94.4 cm³/mol. The second-order valence-corrected chi connectivity index (χ2v) is 6.96. The molecule has 1 N–H and O–H groups in total. The largest absolute Gasteiger partial charge is 0.491 e. The highest BCUT2D eigenvalue weighted by Crippen LogP contribution is 2.30. The molecule has 0 aromatic heterocycles. The van der Waals surface area contributed by atoms with Gasteiger partial charge in [-0.25, -0.2) is 4.39 Å². The Kier molecular flexibility index (Phi) is 5.74. The van der Waals surface area contributed by atoms with E-state index < -0.39 is 12.3 Å². The molecule has 5 heteroatoms. The fourth-order valence-corrected chi connectivity index (χ4v) is 3.64. The monoisotopic (exact) mass is 347 g/mol. The van der Waals surface area contributed by atoms with Crippen molar-refractivity contribution < 1.29 is 19.0 Å². The molecule has 0 saturated carbocycles. The molecular weight excluding hydrogens is 321 g/mol. The van der Waals surface area contributed by atoms with E-state index in [9.17, 15) is 14.3 Å². The van der Waals surface area contributed by atoms with Gasteiger partial charge in [0, 0.05) is 18.7 Å². The third kappa shape index (κ3) is 4.40. The van der Waals surface area contributed by atoms with Crippen LogP contribution < -0.4 is 4.74 Å². The summed E-state index contributed by atoms with van der Waals surface area (Å²) in [5, 5.41) is 10.9. The van der Waals surface area contributed by atoms with Gasteiger partial charge in [-0.15, -0.1) is 0 Å². The van der Waals surface area contributed by atoms with E-state index in [1.165, 1.54) is 0 Å². The molecule has 0 spiro atoms. The van der Waals surface area contributed by atoms with Gasteiger partial charge in [-0.2, -0.15) is 0 Å². The number of halogens is 1. The van der Waals surface area contributed by atoms with Gasteiger partial charge in [-0.1, -0.05) is 12.2 Å². The summed E-state index contributed by atoms with van der Waals surface area (Å²) < 4.78 is 17.5. The zero-order valence-corrected chi connectivity index (χ0v) is 14.5. The lowest BCUT2D eigenvalue weighted by Gasteiger charge is -2.31. The van der Waals surface area contributed by atoms with E-state index >= 15 is 0 Å². The Morgan fingerprint density at radius 3 is 2.92 bits per heavy atom. The SMILES string of the molecule is O=C1c2ccc(OCCF)cc2CN1CC[C@]1(O)CC/C=C\CCC1. The first-order valence-corrected chi connectivity index (χ1v) is 9.10. The Morgan fingerprint density at radius 1 is 1.24 bits per heavy atom. The third-order valence-corrected chi connectivity index (χ3v) is 5.10. The highest BCUT2D eigenvalue weighted by atomic mass is 19.1. The third-order valence-electron chi connectivity index (χ3n) is 5.10. The Bertz CT molecular complexity index is 646. The lowest BCUT2D eigenvalue weighted by atomic mass is 9.86. The number of amides is 1. The molecule has 0 saturated heterocycles. The Balaban J connectivity index is 1.60. The van der Waals surface area contributed by atoms with Crippen LogP contribution in [0.2, 0.25) is 0 Å². The topological polar surface area (TPSA) is 49.8 Å². The van der Waals surface area contributed by atoms with Crippen LogP contribution in [0.25, 0.3) is 0 Å². The standard InChI is InChI=1S/C20H26FNO3/c21-11-13-25-17-6-7-18-16(14-17)15-22(19(18)23)12-10-20(24)8-4-2-1-3-5-9-20/h1-2,6-7,14,24H,3-5,8-13,15H2/b2-1-/t20-/m0/s1. The molecule has 136 valence electrons. The van der Waals surface area contributed by atoms with E-state index in [2.05, 4.69) is 12.2 Å². The van der Waals surface area contributed by atoms with E-state index in [1.807, 2.05) is 6.07 Å². The number of carbonyl (C=O) groups is 1. The number of allylic oxidation sites excluding steroid dienone is 2. The molecule has 1 amide bonds. The molecule has 25 heavy (non-hydrogen) atoms. The normalized spacial score (nSPS) is 24.6. The molecule has 1 heterocycles. The number of benzene rings is 1. The second-order valence-electron chi connectivity index (χ2n) is 6.96. The predicted octanol–water partition coefficient (Wildman–Crippen LogP) is 3.63. The van der Waals surface area contributed by atoms with Gasteiger partial charge >= 0.3 is 0 Å². The van der Waals surface area contributed by atoms with Crippen molar-refractivity contribution in [3.8, 4) is 5.75 Å². The number of hydrogen-bond acceptors (Lipinski definition) is 3. The molecular formula is C20H26FNO3. The number of ether oxygens (including phenoxy) is 1. The van der Waals surface area contributed by atoms with Crippen LogP contribution in [0.5, 0.6) is 5.75 Å².